The molecule has 0 aromatic heterocycles. The Labute approximate surface area is 109 Å². The van der Waals surface area contributed by atoms with E-state index in [4.69, 9.17) is 16.7 Å². The molecule has 0 radical (unpaired) electrons. The number of hydrogen-bond acceptors (Lipinski definition) is 1. The van der Waals surface area contributed by atoms with Gasteiger partial charge in [0.25, 0.3) is 0 Å². The van der Waals surface area contributed by atoms with Gasteiger partial charge in [0, 0.05) is 0 Å². The largest absolute Gasteiger partial charge is 0.480 e. The van der Waals surface area contributed by atoms with E-state index in [1.54, 1.807) is 36.4 Å². The van der Waals surface area contributed by atoms with Crippen molar-refractivity contribution in [2.75, 3.05) is 0 Å². The first-order chi connectivity index (χ1) is 8.58. The van der Waals surface area contributed by atoms with Crippen LogP contribution < -0.4 is 0 Å². The Bertz CT molecular complexity index is 549. The van der Waals surface area contributed by atoms with Crippen LogP contribution in [0.3, 0.4) is 0 Å². The highest BCUT2D eigenvalue weighted by Gasteiger charge is 2.15. The summed E-state index contributed by atoms with van der Waals surface area (Å²) in [6.45, 7) is 0. The lowest BCUT2D eigenvalue weighted by molar-refractivity contribution is -0.136. The lowest BCUT2D eigenvalue weighted by Gasteiger charge is -2.06. The summed E-state index contributed by atoms with van der Waals surface area (Å²) in [5, 5.41) is 7.73. The summed E-state index contributed by atoms with van der Waals surface area (Å²) >= 11 is 5.71. The Morgan fingerprint density at radius 3 is 1.89 bits per heavy atom. The summed E-state index contributed by atoms with van der Waals surface area (Å²) < 4.78 is 12.8. The Hall–Kier alpha value is -1.87. The predicted molar refractivity (Wildman–Crippen MR) is 68.1 cm³/mol. The Kier molecular flexibility index (Phi) is 3.63. The third kappa shape index (κ3) is 2.68. The normalized spacial score (nSPS) is 12.1. The molecule has 1 unspecified atom stereocenters. The number of halogens is 2. The van der Waals surface area contributed by atoms with Crippen LogP contribution in [-0.2, 0) is 4.79 Å². The van der Waals surface area contributed by atoms with Gasteiger partial charge in [-0.2, -0.15) is 0 Å². The molecule has 0 fully saturated rings. The van der Waals surface area contributed by atoms with Crippen molar-refractivity contribution in [2.45, 2.75) is 5.38 Å². The molecule has 1 atom stereocenters. The minimum atomic E-state index is -1.08. The summed E-state index contributed by atoms with van der Waals surface area (Å²) in [6, 6.07) is 12.9. The van der Waals surface area contributed by atoms with E-state index in [1.807, 2.05) is 0 Å². The second-order valence-corrected chi connectivity index (χ2v) is 4.27. The average molecular weight is 265 g/mol. The van der Waals surface area contributed by atoms with E-state index < -0.39 is 11.3 Å². The first-order valence-corrected chi connectivity index (χ1v) is 5.74. The van der Waals surface area contributed by atoms with Gasteiger partial charge in [0.1, 0.15) is 5.82 Å². The monoisotopic (exact) mass is 264 g/mol. The van der Waals surface area contributed by atoms with Crippen LogP contribution in [-0.4, -0.2) is 11.1 Å². The van der Waals surface area contributed by atoms with Gasteiger partial charge in [0.05, 0.1) is 0 Å². The average Bonchev–Trinajstić information content (AvgIpc) is 2.39. The molecule has 0 saturated carbocycles. The Morgan fingerprint density at radius 1 is 1.00 bits per heavy atom. The molecule has 4 heteroatoms. The van der Waals surface area contributed by atoms with Crippen molar-refractivity contribution in [1.82, 2.24) is 0 Å². The molecule has 0 aliphatic carbocycles. The molecule has 2 rings (SSSR count). The summed E-state index contributed by atoms with van der Waals surface area (Å²) in [5.74, 6) is -1.37. The van der Waals surface area contributed by atoms with Crippen LogP contribution >= 0.6 is 11.6 Å². The summed E-state index contributed by atoms with van der Waals surface area (Å²) in [4.78, 5) is 10.7. The number of carboxylic acid groups (broad SMARTS) is 1. The van der Waals surface area contributed by atoms with Crippen molar-refractivity contribution < 1.29 is 14.3 Å². The maximum atomic E-state index is 12.8. The molecular formula is C14H10ClFO2. The molecule has 0 aliphatic rings. The van der Waals surface area contributed by atoms with E-state index in [-0.39, 0.29) is 5.82 Å². The molecule has 2 aromatic rings. The fraction of sp³-hybridized carbons (Fsp3) is 0.0714. The molecule has 92 valence electrons. The molecule has 0 saturated heterocycles. The van der Waals surface area contributed by atoms with Gasteiger partial charge in [-0.25, -0.2) is 4.39 Å². The SMILES string of the molecule is O=C(O)C(Cl)c1ccc(-c2ccc(F)cc2)cc1. The third-order valence-electron chi connectivity index (χ3n) is 2.60. The first kappa shape index (κ1) is 12.6. The highest BCUT2D eigenvalue weighted by Crippen LogP contribution is 2.25. The van der Waals surface area contributed by atoms with Gasteiger partial charge in [-0.15, -0.1) is 11.6 Å². The van der Waals surface area contributed by atoms with Gasteiger partial charge >= 0.3 is 5.97 Å². The molecule has 1 N–H and O–H groups in total. The maximum Gasteiger partial charge on any atom is 0.326 e. The smallest absolute Gasteiger partial charge is 0.326 e. The van der Waals surface area contributed by atoms with Gasteiger partial charge in [-0.05, 0) is 28.8 Å². The zero-order valence-electron chi connectivity index (χ0n) is 9.31. The fourth-order valence-corrected chi connectivity index (χ4v) is 1.77. The number of carboxylic acids is 1. The molecule has 2 aromatic carbocycles. The van der Waals surface area contributed by atoms with Crippen molar-refractivity contribution in [3.63, 3.8) is 0 Å². The highest BCUT2D eigenvalue weighted by molar-refractivity contribution is 6.29. The molecule has 0 aliphatic heterocycles. The molecule has 18 heavy (non-hydrogen) atoms. The van der Waals surface area contributed by atoms with Crippen molar-refractivity contribution in [2.24, 2.45) is 0 Å². The zero-order valence-corrected chi connectivity index (χ0v) is 10.1. The Balaban J connectivity index is 2.27. The van der Waals surface area contributed by atoms with Crippen molar-refractivity contribution >= 4 is 17.6 Å². The summed E-state index contributed by atoms with van der Waals surface area (Å²) in [6.07, 6.45) is 0. The minimum Gasteiger partial charge on any atom is -0.480 e. The van der Waals surface area contributed by atoms with Gasteiger partial charge in [-0.3, -0.25) is 4.79 Å². The zero-order chi connectivity index (χ0) is 13.1. The van der Waals surface area contributed by atoms with Crippen molar-refractivity contribution in [3.05, 3.63) is 59.9 Å². The number of rotatable bonds is 3. The van der Waals surface area contributed by atoms with E-state index in [0.717, 1.165) is 11.1 Å². The summed E-state index contributed by atoms with van der Waals surface area (Å²) in [5.41, 5.74) is 2.27. The Morgan fingerprint density at radius 2 is 1.44 bits per heavy atom. The topological polar surface area (TPSA) is 37.3 Å². The lowest BCUT2D eigenvalue weighted by Crippen LogP contribution is -2.04. The minimum absolute atomic E-state index is 0.290. The predicted octanol–water partition coefficient (Wildman–Crippen LogP) is 3.86. The first-order valence-electron chi connectivity index (χ1n) is 5.31. The lowest BCUT2D eigenvalue weighted by atomic mass is 10.0. The molecule has 2 nitrogen and oxygen atoms in total. The van der Waals surface area contributed by atoms with Crippen LogP contribution in [0.15, 0.2) is 48.5 Å². The molecule has 0 heterocycles. The maximum absolute atomic E-state index is 12.8. The number of aliphatic carboxylic acids is 1. The van der Waals surface area contributed by atoms with Crippen LogP contribution in [0.25, 0.3) is 11.1 Å². The molecule has 0 spiro atoms. The standard InChI is InChI=1S/C14H10ClFO2/c15-13(14(17)18)11-3-1-9(2-4-11)10-5-7-12(16)8-6-10/h1-8,13H,(H,17,18). The summed E-state index contributed by atoms with van der Waals surface area (Å²) in [7, 11) is 0. The van der Waals surface area contributed by atoms with E-state index in [0.29, 0.717) is 5.56 Å². The van der Waals surface area contributed by atoms with Crippen LogP contribution in [0, 0.1) is 5.82 Å². The second kappa shape index (κ2) is 5.19. The second-order valence-electron chi connectivity index (χ2n) is 3.83. The number of carbonyl (C=O) groups is 1. The van der Waals surface area contributed by atoms with Crippen molar-refractivity contribution in [1.29, 1.82) is 0 Å². The highest BCUT2D eigenvalue weighted by atomic mass is 35.5. The van der Waals surface area contributed by atoms with Gasteiger partial charge in [0.15, 0.2) is 5.38 Å². The van der Waals surface area contributed by atoms with E-state index >= 15 is 0 Å². The molecular weight excluding hydrogens is 255 g/mol. The quantitative estimate of drug-likeness (QED) is 0.855. The van der Waals surface area contributed by atoms with Crippen LogP contribution in [0.4, 0.5) is 4.39 Å². The van der Waals surface area contributed by atoms with E-state index in [9.17, 15) is 9.18 Å². The van der Waals surface area contributed by atoms with Crippen LogP contribution in [0.5, 0.6) is 0 Å². The van der Waals surface area contributed by atoms with Crippen molar-refractivity contribution in [3.8, 4) is 11.1 Å². The van der Waals surface area contributed by atoms with Crippen LogP contribution in [0.1, 0.15) is 10.9 Å². The van der Waals surface area contributed by atoms with Gasteiger partial charge in [0.2, 0.25) is 0 Å². The van der Waals surface area contributed by atoms with E-state index in [2.05, 4.69) is 0 Å². The molecule has 0 amide bonds. The molecule has 0 bridgehead atoms. The number of benzene rings is 2. The fourth-order valence-electron chi connectivity index (χ4n) is 1.63. The number of alkyl halides is 1. The van der Waals surface area contributed by atoms with Gasteiger partial charge < -0.3 is 5.11 Å². The van der Waals surface area contributed by atoms with E-state index in [1.165, 1.54) is 12.1 Å². The third-order valence-corrected chi connectivity index (χ3v) is 3.04. The van der Waals surface area contributed by atoms with Gasteiger partial charge in [-0.1, -0.05) is 36.4 Å². The number of hydrogen-bond donors (Lipinski definition) is 1. The van der Waals surface area contributed by atoms with Crippen LogP contribution in [0.2, 0.25) is 0 Å².